The molecule has 1 saturated heterocycles. The smallest absolute Gasteiger partial charge is 0.163 e. The molecular formula is C8H15BO2. The summed E-state index contributed by atoms with van der Waals surface area (Å²) in [7, 11) is 2.01. The van der Waals surface area contributed by atoms with Crippen LogP contribution in [0.4, 0.5) is 0 Å². The van der Waals surface area contributed by atoms with Crippen molar-refractivity contribution in [2.75, 3.05) is 6.61 Å². The van der Waals surface area contributed by atoms with Gasteiger partial charge < -0.3 is 9.47 Å². The lowest BCUT2D eigenvalue weighted by molar-refractivity contribution is -0.137. The molecule has 62 valence electrons. The Morgan fingerprint density at radius 2 is 2.36 bits per heavy atom. The van der Waals surface area contributed by atoms with Crippen molar-refractivity contribution >= 4 is 7.85 Å². The van der Waals surface area contributed by atoms with Crippen LogP contribution < -0.4 is 0 Å². The van der Waals surface area contributed by atoms with Crippen LogP contribution in [0.1, 0.15) is 20.3 Å². The van der Waals surface area contributed by atoms with Crippen LogP contribution in [0.15, 0.2) is 12.1 Å². The molecule has 0 aromatic rings. The van der Waals surface area contributed by atoms with Gasteiger partial charge in [0, 0.05) is 0 Å². The molecule has 0 spiro atoms. The second-order valence-corrected chi connectivity index (χ2v) is 3.61. The van der Waals surface area contributed by atoms with E-state index in [1.807, 2.05) is 21.7 Å². The van der Waals surface area contributed by atoms with Crippen molar-refractivity contribution in [1.29, 1.82) is 0 Å². The molecule has 0 saturated carbocycles. The van der Waals surface area contributed by atoms with Gasteiger partial charge in [-0.25, -0.2) is 0 Å². The first-order valence-corrected chi connectivity index (χ1v) is 3.96. The summed E-state index contributed by atoms with van der Waals surface area (Å²) in [4.78, 5) is 0. The highest BCUT2D eigenvalue weighted by atomic mass is 16.7. The van der Waals surface area contributed by atoms with Gasteiger partial charge in [0.15, 0.2) is 5.79 Å². The maximum atomic E-state index is 5.58. The number of hydrogen-bond acceptors (Lipinski definition) is 2. The predicted octanol–water partition coefficient (Wildman–Crippen LogP) is 0.675. The summed E-state index contributed by atoms with van der Waals surface area (Å²) in [5, 5.41) is 0. The molecular weight excluding hydrogens is 139 g/mol. The number of ether oxygens (including phenoxy) is 2. The van der Waals surface area contributed by atoms with Crippen molar-refractivity contribution in [3.05, 3.63) is 12.1 Å². The van der Waals surface area contributed by atoms with Crippen LogP contribution in [-0.4, -0.2) is 26.3 Å². The normalized spacial score (nSPS) is 28.7. The van der Waals surface area contributed by atoms with Gasteiger partial charge >= 0.3 is 0 Å². The maximum Gasteiger partial charge on any atom is 0.163 e. The Kier molecular flexibility index (Phi) is 2.40. The molecule has 0 bridgehead atoms. The van der Waals surface area contributed by atoms with Crippen LogP contribution >= 0.6 is 0 Å². The van der Waals surface area contributed by atoms with E-state index < -0.39 is 0 Å². The molecule has 11 heavy (non-hydrogen) atoms. The third kappa shape index (κ3) is 2.68. The molecule has 1 heterocycles. The fourth-order valence-corrected chi connectivity index (χ4v) is 1.25. The topological polar surface area (TPSA) is 18.5 Å². The largest absolute Gasteiger partial charge is 0.348 e. The van der Waals surface area contributed by atoms with Gasteiger partial charge in [-0.1, -0.05) is 0 Å². The molecule has 1 rings (SSSR count). The summed E-state index contributed by atoms with van der Waals surface area (Å²) in [5.41, 5.74) is 1.15. The lowest BCUT2D eigenvalue weighted by Gasteiger charge is -2.16. The van der Waals surface area contributed by atoms with Crippen LogP contribution in [0.25, 0.3) is 0 Å². The Morgan fingerprint density at radius 3 is 2.73 bits per heavy atom. The Balaban J connectivity index is 2.36. The Labute approximate surface area is 69.0 Å². The highest BCUT2D eigenvalue weighted by Gasteiger charge is 2.31. The monoisotopic (exact) mass is 154 g/mol. The number of rotatable bonds is 2. The minimum Gasteiger partial charge on any atom is -0.348 e. The second-order valence-electron chi connectivity index (χ2n) is 3.61. The average Bonchev–Trinajstić information content (AvgIpc) is 2.08. The van der Waals surface area contributed by atoms with Gasteiger partial charge in [0.1, 0.15) is 7.85 Å². The van der Waals surface area contributed by atoms with E-state index in [0.717, 1.165) is 11.9 Å². The Bertz CT molecular complexity index is 165. The zero-order valence-corrected chi connectivity index (χ0v) is 7.52. The van der Waals surface area contributed by atoms with Crippen molar-refractivity contribution in [1.82, 2.24) is 0 Å². The number of hydrogen-bond donors (Lipinski definition) is 0. The van der Waals surface area contributed by atoms with E-state index in [0.29, 0.717) is 6.61 Å². The van der Waals surface area contributed by atoms with Gasteiger partial charge in [-0.15, -0.1) is 12.1 Å². The lowest BCUT2D eigenvalue weighted by Crippen LogP contribution is -2.21. The third-order valence-electron chi connectivity index (χ3n) is 1.64. The Morgan fingerprint density at radius 1 is 1.73 bits per heavy atom. The summed E-state index contributed by atoms with van der Waals surface area (Å²) in [6, 6.07) is 0. The fraction of sp³-hybridized carbons (Fsp3) is 0.750. The highest BCUT2D eigenvalue weighted by molar-refractivity contribution is 6.21. The van der Waals surface area contributed by atoms with Crippen molar-refractivity contribution in [3.63, 3.8) is 0 Å². The van der Waals surface area contributed by atoms with Crippen LogP contribution in [0.5, 0.6) is 0 Å². The van der Waals surface area contributed by atoms with E-state index >= 15 is 0 Å². The zero-order valence-electron chi connectivity index (χ0n) is 7.52. The highest BCUT2D eigenvalue weighted by Crippen LogP contribution is 2.24. The third-order valence-corrected chi connectivity index (χ3v) is 1.64. The molecule has 3 heteroatoms. The van der Waals surface area contributed by atoms with Gasteiger partial charge in [0.25, 0.3) is 0 Å². The van der Waals surface area contributed by atoms with Crippen LogP contribution in [0, 0.1) is 0 Å². The van der Waals surface area contributed by atoms with Gasteiger partial charge in [-0.05, 0) is 20.3 Å². The molecule has 0 amide bonds. The summed E-state index contributed by atoms with van der Waals surface area (Å²) < 4.78 is 11.0. The fourth-order valence-electron chi connectivity index (χ4n) is 1.25. The molecule has 1 fully saturated rings. The molecule has 0 aliphatic carbocycles. The molecule has 1 atom stereocenters. The van der Waals surface area contributed by atoms with Crippen molar-refractivity contribution < 1.29 is 9.47 Å². The molecule has 1 aliphatic heterocycles. The molecule has 0 radical (unpaired) electrons. The summed E-state index contributed by atoms with van der Waals surface area (Å²) in [6.07, 6.45) is 1.12. The first-order valence-electron chi connectivity index (χ1n) is 3.96. The van der Waals surface area contributed by atoms with Gasteiger partial charge in [0.05, 0.1) is 12.7 Å². The van der Waals surface area contributed by atoms with E-state index in [9.17, 15) is 0 Å². The molecule has 2 nitrogen and oxygen atoms in total. The van der Waals surface area contributed by atoms with Crippen LogP contribution in [-0.2, 0) is 9.47 Å². The van der Waals surface area contributed by atoms with E-state index in [1.165, 1.54) is 0 Å². The van der Waals surface area contributed by atoms with Gasteiger partial charge in [-0.2, -0.15) is 0 Å². The lowest BCUT2D eigenvalue weighted by atomic mass is 9.92. The minimum atomic E-state index is -0.389. The van der Waals surface area contributed by atoms with E-state index in [2.05, 4.69) is 6.58 Å². The van der Waals surface area contributed by atoms with Gasteiger partial charge in [-0.3, -0.25) is 0 Å². The average molecular weight is 154 g/mol. The van der Waals surface area contributed by atoms with E-state index in [4.69, 9.17) is 9.47 Å². The van der Waals surface area contributed by atoms with E-state index in [1.54, 1.807) is 0 Å². The first kappa shape index (κ1) is 8.82. The summed E-state index contributed by atoms with van der Waals surface area (Å²) >= 11 is 0. The first-order chi connectivity index (χ1) is 4.99. The molecule has 0 N–H and O–H groups in total. The maximum absolute atomic E-state index is 5.58. The molecule has 1 aliphatic rings. The Hall–Kier alpha value is -0.275. The quantitative estimate of drug-likeness (QED) is 0.544. The van der Waals surface area contributed by atoms with Gasteiger partial charge in [0.2, 0.25) is 0 Å². The predicted molar refractivity (Wildman–Crippen MR) is 47.2 cm³/mol. The minimum absolute atomic E-state index is 0.211. The molecule has 0 aromatic carbocycles. The van der Waals surface area contributed by atoms with Crippen molar-refractivity contribution in [2.45, 2.75) is 32.2 Å². The molecule has 0 unspecified atom stereocenters. The summed E-state index contributed by atoms with van der Waals surface area (Å²) in [6.45, 7) is 8.40. The SMILES string of the molecule is BC(=C)C[C@@H]1COC(C)(C)O1. The second kappa shape index (κ2) is 2.99. The van der Waals surface area contributed by atoms with Crippen LogP contribution in [0.2, 0.25) is 0 Å². The van der Waals surface area contributed by atoms with Crippen molar-refractivity contribution in [3.8, 4) is 0 Å². The zero-order chi connectivity index (χ0) is 8.48. The summed E-state index contributed by atoms with van der Waals surface area (Å²) in [5.74, 6) is -0.389. The molecule has 0 aromatic heterocycles. The van der Waals surface area contributed by atoms with E-state index in [-0.39, 0.29) is 11.9 Å². The van der Waals surface area contributed by atoms with Crippen molar-refractivity contribution in [2.24, 2.45) is 0 Å². The van der Waals surface area contributed by atoms with Crippen LogP contribution in [0.3, 0.4) is 0 Å². The standard InChI is InChI=1S/C8H15BO2/c1-6(9)4-7-5-10-8(2,3)11-7/h7H,1,4-5,9H2,2-3H3/t7-/m1/s1.